The molecule has 5 heteroatoms. The van der Waals surface area contributed by atoms with Crippen LogP contribution in [0.2, 0.25) is 0 Å². The minimum atomic E-state index is -0.398. The molecule has 5 nitrogen and oxygen atoms in total. The molecule has 0 aromatic carbocycles. The highest BCUT2D eigenvalue weighted by molar-refractivity contribution is 5.56. The number of unbranched alkanes of at least 4 members (excludes halogenated alkanes) is 1. The first-order valence-electron chi connectivity index (χ1n) is 4.31. The molecule has 13 heavy (non-hydrogen) atoms. The Bertz CT molecular complexity index is 283. The number of hydrogen-bond donors (Lipinski definition) is 2. The molecule has 0 fully saturated rings. The number of nitrogens with one attached hydrogen (secondary N) is 2. The molecule has 0 saturated heterocycles. The van der Waals surface area contributed by atoms with Gasteiger partial charge in [-0.25, -0.2) is 0 Å². The molecule has 0 bridgehead atoms. The Balaban J connectivity index is 2.55. The van der Waals surface area contributed by atoms with Crippen molar-refractivity contribution in [1.29, 1.82) is 0 Å². The number of anilines is 1. The van der Waals surface area contributed by atoms with Crippen molar-refractivity contribution < 1.29 is 4.92 Å². The van der Waals surface area contributed by atoms with E-state index < -0.39 is 4.92 Å². The number of nitro groups is 1. The zero-order chi connectivity index (χ0) is 9.68. The molecule has 0 amide bonds. The molecule has 0 aliphatic carbocycles. The normalized spacial score (nSPS) is 9.92. The van der Waals surface area contributed by atoms with Crippen molar-refractivity contribution in [3.8, 4) is 0 Å². The fourth-order valence-corrected chi connectivity index (χ4v) is 1.05. The van der Waals surface area contributed by atoms with Crippen LogP contribution in [0.5, 0.6) is 0 Å². The molecule has 1 aromatic heterocycles. The highest BCUT2D eigenvalue weighted by atomic mass is 16.6. The first-order chi connectivity index (χ1) is 6.25. The summed E-state index contributed by atoms with van der Waals surface area (Å²) >= 11 is 0. The van der Waals surface area contributed by atoms with Crippen molar-refractivity contribution in [3.05, 3.63) is 22.4 Å². The minimum Gasteiger partial charge on any atom is -0.366 e. The average Bonchev–Trinajstić information content (AvgIpc) is 2.53. The maximum Gasteiger partial charge on any atom is 0.310 e. The Morgan fingerprint density at radius 1 is 1.69 bits per heavy atom. The maximum absolute atomic E-state index is 10.5. The van der Waals surface area contributed by atoms with Crippen molar-refractivity contribution in [2.24, 2.45) is 0 Å². The Morgan fingerprint density at radius 2 is 2.46 bits per heavy atom. The summed E-state index contributed by atoms with van der Waals surface area (Å²) in [6.07, 6.45) is 3.64. The van der Waals surface area contributed by atoms with Gasteiger partial charge in [-0.2, -0.15) is 0 Å². The lowest BCUT2D eigenvalue weighted by molar-refractivity contribution is -0.383. The number of aromatic nitrogens is 1. The highest BCUT2D eigenvalue weighted by Crippen LogP contribution is 2.21. The van der Waals surface area contributed by atoms with Crippen molar-refractivity contribution in [2.75, 3.05) is 11.9 Å². The summed E-state index contributed by atoms with van der Waals surface area (Å²) in [6.45, 7) is 2.84. The van der Waals surface area contributed by atoms with E-state index >= 15 is 0 Å². The fraction of sp³-hybridized carbons (Fsp3) is 0.500. The second kappa shape index (κ2) is 4.49. The third-order valence-electron chi connectivity index (χ3n) is 1.75. The van der Waals surface area contributed by atoms with Gasteiger partial charge in [0.15, 0.2) is 5.82 Å². The predicted molar refractivity (Wildman–Crippen MR) is 50.8 cm³/mol. The monoisotopic (exact) mass is 183 g/mol. The number of H-pyrrole nitrogens is 1. The molecule has 0 saturated carbocycles. The smallest absolute Gasteiger partial charge is 0.310 e. The van der Waals surface area contributed by atoms with Gasteiger partial charge in [0.2, 0.25) is 0 Å². The van der Waals surface area contributed by atoms with Crippen LogP contribution in [0.1, 0.15) is 19.8 Å². The lowest BCUT2D eigenvalue weighted by Gasteiger charge is -2.01. The van der Waals surface area contributed by atoms with Gasteiger partial charge in [-0.15, -0.1) is 0 Å². The second-order valence-electron chi connectivity index (χ2n) is 2.78. The van der Waals surface area contributed by atoms with Crippen LogP contribution in [0.25, 0.3) is 0 Å². The van der Waals surface area contributed by atoms with E-state index in [1.54, 1.807) is 6.20 Å². The largest absolute Gasteiger partial charge is 0.366 e. The van der Waals surface area contributed by atoms with Crippen LogP contribution < -0.4 is 5.32 Å². The summed E-state index contributed by atoms with van der Waals surface area (Å²) in [6, 6.07) is 1.45. The molecule has 0 unspecified atom stereocenters. The SMILES string of the molecule is CCCCNc1[nH]ccc1[N+](=O)[O-]. The van der Waals surface area contributed by atoms with E-state index in [0.29, 0.717) is 5.82 Å². The molecule has 0 spiro atoms. The van der Waals surface area contributed by atoms with Crippen molar-refractivity contribution in [2.45, 2.75) is 19.8 Å². The summed E-state index contributed by atoms with van der Waals surface area (Å²) in [4.78, 5) is 12.9. The summed E-state index contributed by atoms with van der Waals surface area (Å²) < 4.78 is 0. The van der Waals surface area contributed by atoms with Gasteiger partial charge in [-0.3, -0.25) is 10.1 Å². The fourth-order valence-electron chi connectivity index (χ4n) is 1.05. The van der Waals surface area contributed by atoms with Gasteiger partial charge in [-0.05, 0) is 6.42 Å². The standard InChI is InChI=1S/C8H13N3O2/c1-2-3-5-9-8-7(11(12)13)4-6-10-8/h4,6,9-10H,2-3,5H2,1H3. The molecular formula is C8H13N3O2. The van der Waals surface area contributed by atoms with Crippen molar-refractivity contribution in [3.63, 3.8) is 0 Å². The van der Waals surface area contributed by atoms with E-state index in [9.17, 15) is 10.1 Å². The van der Waals surface area contributed by atoms with Gasteiger partial charge < -0.3 is 10.3 Å². The summed E-state index contributed by atoms with van der Waals surface area (Å²) in [5.74, 6) is 0.499. The Morgan fingerprint density at radius 3 is 3.08 bits per heavy atom. The van der Waals surface area contributed by atoms with E-state index in [1.807, 2.05) is 0 Å². The number of aromatic amines is 1. The molecule has 0 radical (unpaired) electrons. The van der Waals surface area contributed by atoms with Crippen LogP contribution in [0, 0.1) is 10.1 Å². The molecule has 0 aliphatic rings. The lowest BCUT2D eigenvalue weighted by atomic mass is 10.3. The topological polar surface area (TPSA) is 71.0 Å². The molecule has 0 atom stereocenters. The summed E-state index contributed by atoms with van der Waals surface area (Å²) in [7, 11) is 0. The van der Waals surface area contributed by atoms with Gasteiger partial charge >= 0.3 is 5.69 Å². The summed E-state index contributed by atoms with van der Waals surface area (Å²) in [5, 5.41) is 13.4. The zero-order valence-corrected chi connectivity index (χ0v) is 7.54. The van der Waals surface area contributed by atoms with Crippen LogP contribution in [0.3, 0.4) is 0 Å². The first-order valence-corrected chi connectivity index (χ1v) is 4.31. The third kappa shape index (κ3) is 2.47. The van der Waals surface area contributed by atoms with Crippen LogP contribution in [-0.2, 0) is 0 Å². The van der Waals surface area contributed by atoms with E-state index in [0.717, 1.165) is 19.4 Å². The molecule has 0 aliphatic heterocycles. The van der Waals surface area contributed by atoms with E-state index in [-0.39, 0.29) is 5.69 Å². The average molecular weight is 183 g/mol. The van der Waals surface area contributed by atoms with Gasteiger partial charge in [-0.1, -0.05) is 13.3 Å². The van der Waals surface area contributed by atoms with Gasteiger partial charge in [0.05, 0.1) is 4.92 Å². The molecular weight excluding hydrogens is 170 g/mol. The second-order valence-corrected chi connectivity index (χ2v) is 2.78. The highest BCUT2D eigenvalue weighted by Gasteiger charge is 2.13. The van der Waals surface area contributed by atoms with Crippen LogP contribution >= 0.6 is 0 Å². The molecule has 72 valence electrons. The van der Waals surface area contributed by atoms with Crippen molar-refractivity contribution >= 4 is 11.5 Å². The Hall–Kier alpha value is -1.52. The number of rotatable bonds is 5. The third-order valence-corrected chi connectivity index (χ3v) is 1.75. The Labute approximate surface area is 76.3 Å². The molecule has 1 aromatic rings. The molecule has 1 rings (SSSR count). The first kappa shape index (κ1) is 9.57. The van der Waals surface area contributed by atoms with Crippen LogP contribution in [0.15, 0.2) is 12.3 Å². The number of hydrogen-bond acceptors (Lipinski definition) is 3. The molecule has 2 N–H and O–H groups in total. The Kier molecular flexibility index (Phi) is 3.31. The van der Waals surface area contributed by atoms with Crippen LogP contribution in [-0.4, -0.2) is 16.5 Å². The lowest BCUT2D eigenvalue weighted by Crippen LogP contribution is -2.03. The summed E-state index contributed by atoms with van der Waals surface area (Å²) in [5.41, 5.74) is 0.108. The van der Waals surface area contributed by atoms with Crippen molar-refractivity contribution in [1.82, 2.24) is 4.98 Å². The van der Waals surface area contributed by atoms with E-state index in [1.165, 1.54) is 6.07 Å². The quantitative estimate of drug-likeness (QED) is 0.417. The van der Waals surface area contributed by atoms with Crippen LogP contribution in [0.4, 0.5) is 11.5 Å². The molecule has 1 heterocycles. The maximum atomic E-state index is 10.5. The van der Waals surface area contributed by atoms with E-state index in [4.69, 9.17) is 0 Å². The number of nitrogens with zero attached hydrogens (tertiary/aromatic N) is 1. The zero-order valence-electron chi connectivity index (χ0n) is 7.54. The van der Waals surface area contributed by atoms with Gasteiger partial charge in [0, 0.05) is 18.8 Å². The van der Waals surface area contributed by atoms with E-state index in [2.05, 4.69) is 17.2 Å². The van der Waals surface area contributed by atoms with Gasteiger partial charge in [0.1, 0.15) is 0 Å². The predicted octanol–water partition coefficient (Wildman–Crippen LogP) is 2.13. The minimum absolute atomic E-state index is 0.108. The van der Waals surface area contributed by atoms with Gasteiger partial charge in [0.25, 0.3) is 0 Å².